The summed E-state index contributed by atoms with van der Waals surface area (Å²) in [6.07, 6.45) is 8.84. The summed E-state index contributed by atoms with van der Waals surface area (Å²) in [5.41, 5.74) is 0.458. The predicted octanol–water partition coefficient (Wildman–Crippen LogP) is 2.86. The normalized spacial score (nSPS) is 34.5. The third-order valence-electron chi connectivity index (χ3n) is 5.81. The Labute approximate surface area is 134 Å². The average molecular weight is 306 g/mol. The van der Waals surface area contributed by atoms with E-state index in [0.717, 1.165) is 51.5 Å². The topological polar surface area (TPSA) is 49.4 Å². The highest BCUT2D eigenvalue weighted by molar-refractivity contribution is 6.35. The van der Waals surface area contributed by atoms with Crippen LogP contribution in [0.2, 0.25) is 0 Å². The van der Waals surface area contributed by atoms with Gasteiger partial charge in [-0.05, 0) is 42.9 Å². The smallest absolute Gasteiger partial charge is 0.312 e. The number of rotatable bonds is 1. The lowest BCUT2D eigenvalue weighted by Crippen LogP contribution is -2.48. The van der Waals surface area contributed by atoms with Gasteiger partial charge in [0, 0.05) is 18.6 Å². The maximum absolute atomic E-state index is 12.6. The second-order valence-corrected chi connectivity index (χ2v) is 8.96. The minimum atomic E-state index is -0.374. The molecule has 2 unspecified atom stereocenters. The fraction of sp³-hybridized carbons (Fsp3) is 0.889. The summed E-state index contributed by atoms with van der Waals surface area (Å²) in [6.45, 7) is 7.59. The lowest BCUT2D eigenvalue weighted by atomic mass is 9.65. The molecule has 4 nitrogen and oxygen atoms in total. The first-order chi connectivity index (χ1) is 10.3. The van der Waals surface area contributed by atoms with Crippen LogP contribution >= 0.6 is 0 Å². The van der Waals surface area contributed by atoms with Crippen LogP contribution in [0.3, 0.4) is 0 Å². The van der Waals surface area contributed by atoms with E-state index in [1.807, 2.05) is 4.90 Å². The summed E-state index contributed by atoms with van der Waals surface area (Å²) in [6, 6.07) is 0.456. The number of hydrogen-bond acceptors (Lipinski definition) is 2. The molecule has 0 aromatic rings. The van der Waals surface area contributed by atoms with Crippen molar-refractivity contribution >= 4 is 11.8 Å². The second kappa shape index (κ2) is 5.54. The highest BCUT2D eigenvalue weighted by Gasteiger charge is 2.51. The summed E-state index contributed by atoms with van der Waals surface area (Å²) in [4.78, 5) is 26.8. The molecule has 2 aliphatic carbocycles. The Hall–Kier alpha value is -1.06. The van der Waals surface area contributed by atoms with Crippen molar-refractivity contribution in [3.63, 3.8) is 0 Å². The molecule has 1 aliphatic heterocycles. The summed E-state index contributed by atoms with van der Waals surface area (Å²) in [5.74, 6) is -0.669. The number of carbonyl (C=O) groups excluding carboxylic acids is 2. The zero-order valence-electron chi connectivity index (χ0n) is 14.3. The summed E-state index contributed by atoms with van der Waals surface area (Å²) in [7, 11) is 0. The van der Waals surface area contributed by atoms with Crippen LogP contribution in [-0.2, 0) is 9.59 Å². The Kier molecular flexibility index (Phi) is 3.98. The van der Waals surface area contributed by atoms with E-state index in [1.54, 1.807) is 0 Å². The molecule has 3 rings (SSSR count). The molecule has 0 radical (unpaired) electrons. The first kappa shape index (κ1) is 15.8. The number of nitrogens with one attached hydrogen (secondary N) is 1. The standard InChI is InChI=1S/C18H30N2O2/c1-17(2)9-14-10-18(3,11-17)12-20(14)16(22)15(21)19-13-7-5-4-6-8-13/h13-14H,4-12H2,1-3H3,(H,19,21). The first-order valence-electron chi connectivity index (χ1n) is 8.90. The molecule has 1 heterocycles. The summed E-state index contributed by atoms with van der Waals surface area (Å²) in [5, 5.41) is 2.98. The van der Waals surface area contributed by atoms with E-state index in [2.05, 4.69) is 26.1 Å². The van der Waals surface area contributed by atoms with Crippen LogP contribution in [0.25, 0.3) is 0 Å². The maximum atomic E-state index is 12.6. The molecular formula is C18H30N2O2. The molecule has 0 spiro atoms. The molecule has 2 saturated carbocycles. The van der Waals surface area contributed by atoms with Gasteiger partial charge in [-0.3, -0.25) is 9.59 Å². The van der Waals surface area contributed by atoms with Crippen molar-refractivity contribution in [2.75, 3.05) is 6.54 Å². The second-order valence-electron chi connectivity index (χ2n) is 8.96. The van der Waals surface area contributed by atoms with Crippen molar-refractivity contribution in [1.29, 1.82) is 0 Å². The van der Waals surface area contributed by atoms with Crippen LogP contribution in [-0.4, -0.2) is 35.3 Å². The van der Waals surface area contributed by atoms with Crippen molar-refractivity contribution in [3.05, 3.63) is 0 Å². The molecule has 0 aromatic carbocycles. The van der Waals surface area contributed by atoms with Gasteiger partial charge < -0.3 is 10.2 Å². The Balaban J connectivity index is 1.64. The highest BCUT2D eigenvalue weighted by atomic mass is 16.2. The van der Waals surface area contributed by atoms with Gasteiger partial charge in [-0.1, -0.05) is 40.0 Å². The van der Waals surface area contributed by atoms with Crippen LogP contribution in [0, 0.1) is 10.8 Å². The fourth-order valence-electron chi connectivity index (χ4n) is 5.32. The molecule has 1 N–H and O–H groups in total. The number of nitrogens with zero attached hydrogens (tertiary/aromatic N) is 1. The van der Waals surface area contributed by atoms with Crippen LogP contribution in [0.15, 0.2) is 0 Å². The molecule has 22 heavy (non-hydrogen) atoms. The van der Waals surface area contributed by atoms with Crippen LogP contribution < -0.4 is 5.32 Å². The van der Waals surface area contributed by atoms with Crippen LogP contribution in [0.4, 0.5) is 0 Å². The minimum Gasteiger partial charge on any atom is -0.345 e. The molecular weight excluding hydrogens is 276 g/mol. The fourth-order valence-corrected chi connectivity index (χ4v) is 5.32. The quantitative estimate of drug-likeness (QED) is 0.757. The van der Waals surface area contributed by atoms with E-state index in [-0.39, 0.29) is 34.7 Å². The van der Waals surface area contributed by atoms with E-state index < -0.39 is 0 Å². The van der Waals surface area contributed by atoms with Crippen LogP contribution in [0.5, 0.6) is 0 Å². The third kappa shape index (κ3) is 3.16. The zero-order chi connectivity index (χ0) is 16.0. The molecule has 2 amide bonds. The van der Waals surface area contributed by atoms with Crippen molar-refractivity contribution in [3.8, 4) is 0 Å². The van der Waals surface area contributed by atoms with E-state index in [1.165, 1.54) is 6.42 Å². The lowest BCUT2D eigenvalue weighted by Gasteiger charge is -2.39. The van der Waals surface area contributed by atoms with E-state index in [0.29, 0.717) is 0 Å². The van der Waals surface area contributed by atoms with Crippen molar-refractivity contribution < 1.29 is 9.59 Å². The van der Waals surface area contributed by atoms with E-state index in [4.69, 9.17) is 0 Å². The van der Waals surface area contributed by atoms with Crippen LogP contribution in [0.1, 0.15) is 72.1 Å². The Morgan fingerprint density at radius 2 is 1.73 bits per heavy atom. The Bertz CT molecular complexity index is 468. The molecule has 3 aliphatic rings. The highest BCUT2D eigenvalue weighted by Crippen LogP contribution is 2.52. The van der Waals surface area contributed by atoms with Gasteiger partial charge in [0.15, 0.2) is 0 Å². The van der Waals surface area contributed by atoms with Crippen molar-refractivity contribution in [2.45, 2.75) is 84.2 Å². The van der Waals surface area contributed by atoms with Gasteiger partial charge in [0.25, 0.3) is 0 Å². The van der Waals surface area contributed by atoms with Gasteiger partial charge in [-0.25, -0.2) is 0 Å². The minimum absolute atomic E-state index is 0.188. The number of carbonyl (C=O) groups is 2. The number of likely N-dealkylation sites (tertiary alicyclic amines) is 1. The maximum Gasteiger partial charge on any atom is 0.312 e. The molecule has 1 saturated heterocycles. The summed E-state index contributed by atoms with van der Waals surface area (Å²) < 4.78 is 0. The molecule has 2 atom stereocenters. The van der Waals surface area contributed by atoms with Crippen molar-refractivity contribution in [1.82, 2.24) is 10.2 Å². The SMILES string of the molecule is CC1(C)CC2CC(C)(CN2C(=O)C(=O)NC2CCCCC2)C1. The number of amides is 2. The summed E-state index contributed by atoms with van der Waals surface area (Å²) >= 11 is 0. The largest absolute Gasteiger partial charge is 0.345 e. The molecule has 2 bridgehead atoms. The van der Waals surface area contributed by atoms with Gasteiger partial charge in [0.05, 0.1) is 0 Å². The predicted molar refractivity (Wildman–Crippen MR) is 86.3 cm³/mol. The first-order valence-corrected chi connectivity index (χ1v) is 8.90. The van der Waals surface area contributed by atoms with Gasteiger partial charge in [-0.2, -0.15) is 0 Å². The van der Waals surface area contributed by atoms with E-state index in [9.17, 15) is 9.59 Å². The number of hydrogen-bond donors (Lipinski definition) is 1. The van der Waals surface area contributed by atoms with Crippen molar-refractivity contribution in [2.24, 2.45) is 10.8 Å². The monoisotopic (exact) mass is 306 g/mol. The third-order valence-corrected chi connectivity index (χ3v) is 5.81. The lowest BCUT2D eigenvalue weighted by molar-refractivity contribution is -0.147. The Morgan fingerprint density at radius 1 is 1.05 bits per heavy atom. The van der Waals surface area contributed by atoms with Gasteiger partial charge >= 0.3 is 11.8 Å². The van der Waals surface area contributed by atoms with Gasteiger partial charge in [0.1, 0.15) is 0 Å². The molecule has 4 heteroatoms. The van der Waals surface area contributed by atoms with E-state index >= 15 is 0 Å². The molecule has 0 aromatic heterocycles. The Morgan fingerprint density at radius 3 is 2.41 bits per heavy atom. The average Bonchev–Trinajstić information content (AvgIpc) is 2.68. The number of fused-ring (bicyclic) bond motifs is 2. The molecule has 3 fully saturated rings. The molecule has 124 valence electrons. The van der Waals surface area contributed by atoms with Gasteiger partial charge in [0.2, 0.25) is 0 Å². The van der Waals surface area contributed by atoms with Gasteiger partial charge in [-0.15, -0.1) is 0 Å². The zero-order valence-corrected chi connectivity index (χ0v) is 14.3.